The number of nitrogens with one attached hydrogen (secondary N) is 2. The van der Waals surface area contributed by atoms with Gasteiger partial charge in [0.1, 0.15) is 5.82 Å². The summed E-state index contributed by atoms with van der Waals surface area (Å²) >= 11 is 1.91. The molecule has 44 heavy (non-hydrogen) atoms. The first-order valence-electron chi connectivity index (χ1n) is 15.8. The predicted molar refractivity (Wildman–Crippen MR) is 171 cm³/mol. The van der Waals surface area contributed by atoms with E-state index in [0.717, 1.165) is 112 Å². The van der Waals surface area contributed by atoms with Gasteiger partial charge in [0.15, 0.2) is 5.82 Å². The highest BCUT2D eigenvalue weighted by Gasteiger charge is 2.35. The number of amides is 2. The van der Waals surface area contributed by atoms with E-state index in [0.29, 0.717) is 18.5 Å². The van der Waals surface area contributed by atoms with Crippen molar-refractivity contribution >= 4 is 40.3 Å². The smallest absolute Gasteiger partial charge is 0.243 e. The van der Waals surface area contributed by atoms with E-state index in [1.54, 1.807) is 0 Å². The molecular formula is C32H40N8O3S. The fourth-order valence-corrected chi connectivity index (χ4v) is 8.39. The van der Waals surface area contributed by atoms with Crippen molar-refractivity contribution in [2.75, 3.05) is 63.9 Å². The van der Waals surface area contributed by atoms with Crippen LogP contribution in [-0.4, -0.2) is 112 Å². The molecule has 5 heterocycles. The van der Waals surface area contributed by atoms with E-state index in [1.165, 1.54) is 11.0 Å². The Morgan fingerprint density at radius 2 is 1.86 bits per heavy atom. The summed E-state index contributed by atoms with van der Waals surface area (Å²) < 4.78 is 5.65. The van der Waals surface area contributed by atoms with E-state index in [1.807, 2.05) is 30.1 Å². The first-order valence-corrected chi connectivity index (χ1v) is 16.7. The van der Waals surface area contributed by atoms with Gasteiger partial charge in [0, 0.05) is 80.4 Å². The Balaban J connectivity index is 0.989. The third kappa shape index (κ3) is 6.07. The number of carbonyl (C=O) groups excluding carboxylic acids is 2. The largest absolute Gasteiger partial charge is 0.378 e. The Morgan fingerprint density at radius 3 is 2.64 bits per heavy atom. The zero-order chi connectivity index (χ0) is 30.0. The van der Waals surface area contributed by atoms with Gasteiger partial charge < -0.3 is 19.9 Å². The molecule has 2 aromatic heterocycles. The van der Waals surface area contributed by atoms with Crippen molar-refractivity contribution in [1.29, 1.82) is 0 Å². The number of carbonyl (C=O) groups is 2. The van der Waals surface area contributed by atoms with Crippen LogP contribution in [-0.2, 0) is 20.7 Å². The van der Waals surface area contributed by atoms with Crippen LogP contribution in [0.1, 0.15) is 31.4 Å². The number of piperazine rings is 1. The molecule has 0 bridgehead atoms. The number of morpholine rings is 1. The molecular weight excluding hydrogens is 576 g/mol. The third-order valence-electron chi connectivity index (χ3n) is 9.41. The minimum Gasteiger partial charge on any atom is -0.378 e. The standard InChI is InChI=1S/C32H40N8O3S/c1-2-28(41)34-22-8-6-21(7-9-22)32(42)40-12-10-38(11-13-40)20-23-18-27-29(44-23)31(39-14-16-43-17-15-39)36-30(35-27)24-4-3-5-26-25(24)19-33-37-26/h2-5,19,21-23H,1,6-18,20H2,(H,33,37)(H,34,41)/t21-,22+,23?. The fourth-order valence-electron chi connectivity index (χ4n) is 6.98. The van der Waals surface area contributed by atoms with Gasteiger partial charge in [-0.15, -0.1) is 11.8 Å². The highest BCUT2D eigenvalue weighted by atomic mass is 32.2. The Morgan fingerprint density at radius 1 is 1.07 bits per heavy atom. The second-order valence-electron chi connectivity index (χ2n) is 12.2. The lowest BCUT2D eigenvalue weighted by Gasteiger charge is -2.38. The first-order chi connectivity index (χ1) is 21.6. The molecule has 4 aliphatic rings. The van der Waals surface area contributed by atoms with Crippen LogP contribution in [0.4, 0.5) is 5.82 Å². The van der Waals surface area contributed by atoms with Crippen molar-refractivity contribution in [3.63, 3.8) is 0 Å². The maximum Gasteiger partial charge on any atom is 0.243 e. The van der Waals surface area contributed by atoms with Crippen molar-refractivity contribution < 1.29 is 14.3 Å². The Bertz CT molecular complexity index is 1520. The number of aromatic amines is 1. The van der Waals surface area contributed by atoms with Gasteiger partial charge in [0.05, 0.1) is 35.5 Å². The number of thioether (sulfide) groups is 1. The van der Waals surface area contributed by atoms with Gasteiger partial charge in [-0.1, -0.05) is 18.7 Å². The summed E-state index contributed by atoms with van der Waals surface area (Å²) in [5.74, 6) is 2.00. The zero-order valence-electron chi connectivity index (χ0n) is 25.0. The van der Waals surface area contributed by atoms with Crippen molar-refractivity contribution in [3.05, 3.63) is 42.7 Å². The highest BCUT2D eigenvalue weighted by molar-refractivity contribution is 8.00. The molecule has 7 rings (SSSR count). The number of ether oxygens (including phenoxy) is 1. The molecule has 1 unspecified atom stereocenters. The predicted octanol–water partition coefficient (Wildman–Crippen LogP) is 2.88. The van der Waals surface area contributed by atoms with Gasteiger partial charge in [-0.2, -0.15) is 5.10 Å². The van der Waals surface area contributed by atoms with Crippen LogP contribution in [0.25, 0.3) is 22.3 Å². The summed E-state index contributed by atoms with van der Waals surface area (Å²) in [6.07, 6.45) is 7.44. The lowest BCUT2D eigenvalue weighted by molar-refractivity contribution is -0.138. The molecule has 3 aromatic rings. The lowest BCUT2D eigenvalue weighted by atomic mass is 9.85. The molecule has 0 radical (unpaired) electrons. The molecule has 0 spiro atoms. The molecule has 232 valence electrons. The van der Waals surface area contributed by atoms with Crippen molar-refractivity contribution in [3.8, 4) is 11.4 Å². The first kappa shape index (κ1) is 29.2. The van der Waals surface area contributed by atoms with Crippen molar-refractivity contribution in [1.82, 2.24) is 35.3 Å². The van der Waals surface area contributed by atoms with Crippen molar-refractivity contribution in [2.45, 2.75) is 48.3 Å². The third-order valence-corrected chi connectivity index (χ3v) is 10.7. The summed E-state index contributed by atoms with van der Waals surface area (Å²) in [4.78, 5) is 43.3. The monoisotopic (exact) mass is 616 g/mol. The maximum atomic E-state index is 13.3. The minimum atomic E-state index is -0.129. The fraction of sp³-hybridized carbons (Fsp3) is 0.531. The Labute approximate surface area is 261 Å². The summed E-state index contributed by atoms with van der Waals surface area (Å²) in [5.41, 5.74) is 3.10. The van der Waals surface area contributed by atoms with Gasteiger partial charge in [-0.3, -0.25) is 19.6 Å². The molecule has 2 amide bonds. The van der Waals surface area contributed by atoms with Gasteiger partial charge >= 0.3 is 0 Å². The van der Waals surface area contributed by atoms with E-state index in [4.69, 9.17) is 14.7 Å². The van der Waals surface area contributed by atoms with Crippen LogP contribution >= 0.6 is 11.8 Å². The molecule has 12 heteroatoms. The number of benzene rings is 1. The Hall–Kier alpha value is -3.48. The molecule has 1 atom stereocenters. The maximum absolute atomic E-state index is 13.3. The summed E-state index contributed by atoms with van der Waals surface area (Å²) in [6, 6.07) is 6.28. The SMILES string of the molecule is C=CC(=O)N[C@H]1CC[C@@H](C(=O)N2CCN(CC3Cc4nc(-c5cccc6[nH]ncc56)nc(N5CCOCC5)c4S3)CC2)CC1. The molecule has 1 aliphatic carbocycles. The average molecular weight is 617 g/mol. The van der Waals surface area contributed by atoms with Gasteiger partial charge in [-0.25, -0.2) is 9.97 Å². The number of anilines is 1. The van der Waals surface area contributed by atoms with E-state index >= 15 is 0 Å². The molecule has 1 aromatic carbocycles. The van der Waals surface area contributed by atoms with Gasteiger partial charge in [-0.05, 0) is 37.8 Å². The second-order valence-corrected chi connectivity index (χ2v) is 13.5. The average Bonchev–Trinajstić information content (AvgIpc) is 3.72. The van der Waals surface area contributed by atoms with Crippen LogP contribution < -0.4 is 10.2 Å². The van der Waals surface area contributed by atoms with Crippen LogP contribution in [0.15, 0.2) is 41.9 Å². The topological polar surface area (TPSA) is 120 Å². The quantitative estimate of drug-likeness (QED) is 0.386. The number of hydrogen-bond acceptors (Lipinski definition) is 9. The van der Waals surface area contributed by atoms with Crippen LogP contribution in [0.5, 0.6) is 0 Å². The molecule has 1 saturated carbocycles. The number of hydrogen-bond donors (Lipinski definition) is 2. The van der Waals surface area contributed by atoms with E-state index in [-0.39, 0.29) is 23.8 Å². The molecule has 2 N–H and O–H groups in total. The van der Waals surface area contributed by atoms with Crippen molar-refractivity contribution in [2.24, 2.45) is 5.92 Å². The normalized spacial score (nSPS) is 24.3. The number of nitrogens with zero attached hydrogens (tertiary/aromatic N) is 6. The molecule has 3 aliphatic heterocycles. The number of rotatable bonds is 7. The Kier molecular flexibility index (Phi) is 8.55. The second kappa shape index (κ2) is 12.9. The van der Waals surface area contributed by atoms with E-state index in [2.05, 4.69) is 42.9 Å². The van der Waals surface area contributed by atoms with Gasteiger partial charge in [0.2, 0.25) is 11.8 Å². The van der Waals surface area contributed by atoms with E-state index in [9.17, 15) is 9.59 Å². The van der Waals surface area contributed by atoms with Crippen LogP contribution in [0, 0.1) is 5.92 Å². The lowest BCUT2D eigenvalue weighted by Crippen LogP contribution is -2.52. The van der Waals surface area contributed by atoms with Crippen LogP contribution in [0.2, 0.25) is 0 Å². The zero-order valence-corrected chi connectivity index (χ0v) is 25.9. The van der Waals surface area contributed by atoms with E-state index < -0.39 is 0 Å². The number of H-pyrrole nitrogens is 1. The number of fused-ring (bicyclic) bond motifs is 2. The highest BCUT2D eigenvalue weighted by Crippen LogP contribution is 2.43. The number of aromatic nitrogens is 4. The van der Waals surface area contributed by atoms with Crippen LogP contribution in [0.3, 0.4) is 0 Å². The molecule has 2 saturated heterocycles. The summed E-state index contributed by atoms with van der Waals surface area (Å²) in [6.45, 7) is 10.9. The summed E-state index contributed by atoms with van der Waals surface area (Å²) in [7, 11) is 0. The summed E-state index contributed by atoms with van der Waals surface area (Å²) in [5, 5.41) is 11.7. The molecule has 3 fully saturated rings. The van der Waals surface area contributed by atoms with Gasteiger partial charge in [0.25, 0.3) is 0 Å². The molecule has 11 nitrogen and oxygen atoms in total. The minimum absolute atomic E-state index is 0.0672.